The normalized spacial score (nSPS) is 13.4. The fourth-order valence-corrected chi connectivity index (χ4v) is 1.54. The van der Waals surface area contributed by atoms with Gasteiger partial charge in [0.05, 0.1) is 12.6 Å². The van der Waals surface area contributed by atoms with E-state index in [1.165, 1.54) is 0 Å². The molecule has 1 rings (SSSR count). The van der Waals surface area contributed by atoms with Crippen LogP contribution in [0, 0.1) is 0 Å². The molecule has 0 radical (unpaired) electrons. The highest BCUT2D eigenvalue weighted by atomic mass is 16.3. The van der Waals surface area contributed by atoms with Gasteiger partial charge in [0.25, 0.3) is 5.91 Å². The zero-order valence-electron chi connectivity index (χ0n) is 11.2. The minimum atomic E-state index is -0.645. The highest BCUT2D eigenvalue weighted by molar-refractivity contribution is 5.97. The second-order valence-corrected chi connectivity index (χ2v) is 4.36. The van der Waals surface area contributed by atoms with Crippen LogP contribution in [0.1, 0.15) is 30.6 Å². The largest absolute Gasteiger partial charge is 0.394 e. The van der Waals surface area contributed by atoms with Crippen LogP contribution in [0.15, 0.2) is 30.3 Å². The number of nitrogens with one attached hydrogen (secondary N) is 2. The fraction of sp³-hybridized carbons (Fsp3) is 0.429. The second kappa shape index (κ2) is 7.53. The summed E-state index contributed by atoms with van der Waals surface area (Å²) in [6.45, 7) is 3.37. The summed E-state index contributed by atoms with van der Waals surface area (Å²) in [6, 6.07) is 7.79. The standard InChI is InChI=1S/C14H20N2O3/c1-3-12(9-17)16-13(18)10(2)15-14(19)11-7-5-4-6-8-11/h4-8,10,12,17H,3,9H2,1-2H3,(H,15,19)(H,16,18). The maximum absolute atomic E-state index is 11.8. The van der Waals surface area contributed by atoms with E-state index in [4.69, 9.17) is 5.11 Å². The molecule has 0 bridgehead atoms. The molecule has 5 heteroatoms. The molecule has 2 atom stereocenters. The maximum atomic E-state index is 11.8. The Morgan fingerprint density at radius 2 is 1.84 bits per heavy atom. The van der Waals surface area contributed by atoms with E-state index in [0.29, 0.717) is 12.0 Å². The van der Waals surface area contributed by atoms with Crippen molar-refractivity contribution in [2.45, 2.75) is 32.4 Å². The third-order valence-electron chi connectivity index (χ3n) is 2.84. The highest BCUT2D eigenvalue weighted by Crippen LogP contribution is 1.99. The average molecular weight is 264 g/mol. The van der Waals surface area contributed by atoms with E-state index in [2.05, 4.69) is 10.6 Å². The molecule has 0 spiro atoms. The molecular formula is C14H20N2O3. The van der Waals surface area contributed by atoms with Gasteiger partial charge < -0.3 is 15.7 Å². The molecular weight excluding hydrogens is 244 g/mol. The van der Waals surface area contributed by atoms with Crippen LogP contribution in [0.5, 0.6) is 0 Å². The molecule has 3 N–H and O–H groups in total. The highest BCUT2D eigenvalue weighted by Gasteiger charge is 2.18. The summed E-state index contributed by atoms with van der Waals surface area (Å²) < 4.78 is 0. The predicted octanol–water partition coefficient (Wildman–Crippen LogP) is 0.692. The van der Waals surface area contributed by atoms with Crippen LogP contribution in [-0.2, 0) is 4.79 Å². The summed E-state index contributed by atoms with van der Waals surface area (Å²) in [7, 11) is 0. The minimum absolute atomic E-state index is 0.110. The molecule has 0 aliphatic heterocycles. The Morgan fingerprint density at radius 3 is 2.37 bits per heavy atom. The molecule has 0 aliphatic carbocycles. The van der Waals surface area contributed by atoms with Gasteiger partial charge in [0.2, 0.25) is 5.91 Å². The van der Waals surface area contributed by atoms with Gasteiger partial charge in [-0.1, -0.05) is 25.1 Å². The Kier molecular flexibility index (Phi) is 6.02. The third kappa shape index (κ3) is 4.71. The number of aliphatic hydroxyl groups excluding tert-OH is 1. The number of aliphatic hydroxyl groups is 1. The predicted molar refractivity (Wildman–Crippen MR) is 72.7 cm³/mol. The molecule has 0 heterocycles. The zero-order chi connectivity index (χ0) is 14.3. The molecule has 19 heavy (non-hydrogen) atoms. The van der Waals surface area contributed by atoms with Crippen molar-refractivity contribution in [2.75, 3.05) is 6.61 Å². The number of hydrogen-bond acceptors (Lipinski definition) is 3. The van der Waals surface area contributed by atoms with Crippen molar-refractivity contribution in [3.63, 3.8) is 0 Å². The van der Waals surface area contributed by atoms with Gasteiger partial charge in [-0.25, -0.2) is 0 Å². The summed E-state index contributed by atoms with van der Waals surface area (Å²) in [5, 5.41) is 14.3. The number of carbonyl (C=O) groups is 2. The summed E-state index contributed by atoms with van der Waals surface area (Å²) in [6.07, 6.45) is 0.640. The SMILES string of the molecule is CCC(CO)NC(=O)C(C)NC(=O)c1ccccc1. The van der Waals surface area contributed by atoms with Crippen LogP contribution in [0.3, 0.4) is 0 Å². The Labute approximate surface area is 113 Å². The number of rotatable bonds is 6. The number of hydrogen-bond donors (Lipinski definition) is 3. The van der Waals surface area contributed by atoms with Crippen LogP contribution in [-0.4, -0.2) is 35.6 Å². The Morgan fingerprint density at radius 1 is 1.21 bits per heavy atom. The molecule has 1 aromatic rings. The molecule has 0 saturated carbocycles. The first-order chi connectivity index (χ1) is 9.08. The molecule has 0 saturated heterocycles. The third-order valence-corrected chi connectivity index (χ3v) is 2.84. The number of benzene rings is 1. The van der Waals surface area contributed by atoms with Gasteiger partial charge in [0, 0.05) is 5.56 Å². The first kappa shape index (κ1) is 15.2. The zero-order valence-corrected chi connectivity index (χ0v) is 11.2. The van der Waals surface area contributed by atoms with Gasteiger partial charge in [-0.15, -0.1) is 0 Å². The van der Waals surface area contributed by atoms with Gasteiger partial charge in [-0.3, -0.25) is 9.59 Å². The van der Waals surface area contributed by atoms with E-state index in [-0.39, 0.29) is 24.5 Å². The lowest BCUT2D eigenvalue weighted by atomic mass is 10.2. The van der Waals surface area contributed by atoms with Gasteiger partial charge in [0.1, 0.15) is 6.04 Å². The van der Waals surface area contributed by atoms with E-state index < -0.39 is 6.04 Å². The van der Waals surface area contributed by atoms with Crippen LogP contribution in [0.2, 0.25) is 0 Å². The van der Waals surface area contributed by atoms with Crippen molar-refractivity contribution < 1.29 is 14.7 Å². The van der Waals surface area contributed by atoms with Crippen molar-refractivity contribution in [2.24, 2.45) is 0 Å². The lowest BCUT2D eigenvalue weighted by Crippen LogP contribution is -2.48. The molecule has 0 aliphatic rings. The number of carbonyl (C=O) groups excluding carboxylic acids is 2. The van der Waals surface area contributed by atoms with E-state index >= 15 is 0 Å². The van der Waals surface area contributed by atoms with E-state index in [1.807, 2.05) is 13.0 Å². The summed E-state index contributed by atoms with van der Waals surface area (Å²) >= 11 is 0. The summed E-state index contributed by atoms with van der Waals surface area (Å²) in [4.78, 5) is 23.6. The van der Waals surface area contributed by atoms with E-state index in [0.717, 1.165) is 0 Å². The molecule has 104 valence electrons. The molecule has 2 amide bonds. The van der Waals surface area contributed by atoms with Gasteiger partial charge in [0.15, 0.2) is 0 Å². The van der Waals surface area contributed by atoms with Crippen LogP contribution < -0.4 is 10.6 Å². The van der Waals surface area contributed by atoms with Gasteiger partial charge >= 0.3 is 0 Å². The van der Waals surface area contributed by atoms with Crippen molar-refractivity contribution >= 4 is 11.8 Å². The molecule has 0 aromatic heterocycles. The average Bonchev–Trinajstić information content (AvgIpc) is 2.45. The van der Waals surface area contributed by atoms with Crippen molar-refractivity contribution in [1.82, 2.24) is 10.6 Å². The molecule has 0 fully saturated rings. The van der Waals surface area contributed by atoms with E-state index in [9.17, 15) is 9.59 Å². The first-order valence-electron chi connectivity index (χ1n) is 6.35. The van der Waals surface area contributed by atoms with Crippen molar-refractivity contribution in [3.05, 3.63) is 35.9 Å². The lowest BCUT2D eigenvalue weighted by Gasteiger charge is -2.18. The molecule has 2 unspecified atom stereocenters. The monoisotopic (exact) mass is 264 g/mol. The van der Waals surface area contributed by atoms with Crippen molar-refractivity contribution in [3.8, 4) is 0 Å². The van der Waals surface area contributed by atoms with Crippen LogP contribution in [0.25, 0.3) is 0 Å². The maximum Gasteiger partial charge on any atom is 0.251 e. The van der Waals surface area contributed by atoms with Crippen LogP contribution in [0.4, 0.5) is 0 Å². The Balaban J connectivity index is 2.52. The number of amides is 2. The van der Waals surface area contributed by atoms with Crippen molar-refractivity contribution in [1.29, 1.82) is 0 Å². The lowest BCUT2D eigenvalue weighted by molar-refractivity contribution is -0.123. The quantitative estimate of drug-likeness (QED) is 0.707. The van der Waals surface area contributed by atoms with Crippen LogP contribution >= 0.6 is 0 Å². The second-order valence-electron chi connectivity index (χ2n) is 4.36. The summed E-state index contributed by atoms with van der Waals surface area (Å²) in [5.74, 6) is -0.592. The molecule has 5 nitrogen and oxygen atoms in total. The fourth-order valence-electron chi connectivity index (χ4n) is 1.54. The Hall–Kier alpha value is -1.88. The Bertz CT molecular complexity index is 416. The minimum Gasteiger partial charge on any atom is -0.394 e. The van der Waals surface area contributed by atoms with Gasteiger partial charge in [-0.05, 0) is 25.5 Å². The smallest absolute Gasteiger partial charge is 0.251 e. The van der Waals surface area contributed by atoms with E-state index in [1.54, 1.807) is 31.2 Å². The van der Waals surface area contributed by atoms with Gasteiger partial charge in [-0.2, -0.15) is 0 Å². The topological polar surface area (TPSA) is 78.4 Å². The summed E-state index contributed by atoms with van der Waals surface area (Å²) in [5.41, 5.74) is 0.511. The molecule has 1 aromatic carbocycles. The first-order valence-corrected chi connectivity index (χ1v) is 6.35.